The molecule has 1 aliphatic carbocycles. The number of benzene rings is 1. The lowest BCUT2D eigenvalue weighted by Crippen LogP contribution is -2.27. The molecule has 0 amide bonds. The van der Waals surface area contributed by atoms with Crippen LogP contribution in [0.2, 0.25) is 0 Å². The van der Waals surface area contributed by atoms with Gasteiger partial charge in [0.25, 0.3) is 0 Å². The van der Waals surface area contributed by atoms with Crippen LogP contribution in [0.15, 0.2) is 28.0 Å². The predicted molar refractivity (Wildman–Crippen MR) is 81.6 cm³/mol. The second kappa shape index (κ2) is 5.58. The molecule has 0 heterocycles. The first-order chi connectivity index (χ1) is 9.65. The van der Waals surface area contributed by atoms with Crippen LogP contribution in [-0.2, 0) is 19.9 Å². The average Bonchev–Trinajstić information content (AvgIpc) is 3.11. The van der Waals surface area contributed by atoms with Crippen LogP contribution in [-0.4, -0.2) is 36.7 Å². The normalized spacial score (nSPS) is 22.0. The van der Waals surface area contributed by atoms with Gasteiger partial charge in [0.2, 0.25) is 10.0 Å². The van der Waals surface area contributed by atoms with E-state index >= 15 is 0 Å². The molecule has 6 nitrogen and oxygen atoms in total. The molecule has 1 aromatic carbocycles. The Morgan fingerprint density at radius 3 is 2.33 bits per heavy atom. The first-order valence-corrected chi connectivity index (χ1v) is 10.0. The summed E-state index contributed by atoms with van der Waals surface area (Å²) in [6.07, 6.45) is 2.07. The van der Waals surface area contributed by atoms with E-state index in [-0.39, 0.29) is 9.79 Å². The maximum absolute atomic E-state index is 12.4. The van der Waals surface area contributed by atoms with Crippen molar-refractivity contribution in [2.24, 2.45) is 11.8 Å². The monoisotopic (exact) mass is 332 g/mol. The molecule has 0 saturated heterocycles. The number of sulfone groups is 1. The molecule has 0 spiro atoms. The van der Waals surface area contributed by atoms with Crippen LogP contribution >= 0.6 is 0 Å². The number of hydrogen-bond acceptors (Lipinski definition) is 5. The average molecular weight is 332 g/mol. The molecule has 8 heteroatoms. The van der Waals surface area contributed by atoms with Crippen LogP contribution in [0.1, 0.15) is 13.3 Å². The fourth-order valence-electron chi connectivity index (χ4n) is 2.14. The third kappa shape index (κ3) is 3.75. The minimum Gasteiger partial charge on any atom is -0.387 e. The molecule has 1 aliphatic rings. The van der Waals surface area contributed by atoms with Gasteiger partial charge in [-0.3, -0.25) is 0 Å². The minimum absolute atomic E-state index is 0.0123. The van der Waals surface area contributed by atoms with Crippen LogP contribution in [0.3, 0.4) is 0 Å². The van der Waals surface area contributed by atoms with Gasteiger partial charge in [0.15, 0.2) is 9.84 Å². The predicted octanol–water partition coefficient (Wildman–Crippen LogP) is 1.07. The van der Waals surface area contributed by atoms with Gasteiger partial charge >= 0.3 is 0 Å². The van der Waals surface area contributed by atoms with Gasteiger partial charge in [0, 0.05) is 19.8 Å². The van der Waals surface area contributed by atoms with Crippen molar-refractivity contribution in [3.8, 4) is 0 Å². The Bertz CT molecular complexity index is 741. The minimum atomic E-state index is -3.74. The fraction of sp³-hybridized carbons (Fsp3) is 0.538. The summed E-state index contributed by atoms with van der Waals surface area (Å²) in [7, 11) is -5.60. The molecule has 118 valence electrons. The van der Waals surface area contributed by atoms with Gasteiger partial charge in [-0.15, -0.1) is 0 Å². The molecule has 1 aromatic rings. The largest absolute Gasteiger partial charge is 0.387 e. The van der Waals surface area contributed by atoms with Gasteiger partial charge in [-0.25, -0.2) is 21.6 Å². The van der Waals surface area contributed by atoms with Crippen LogP contribution in [0.25, 0.3) is 0 Å². The molecule has 0 aliphatic heterocycles. The maximum Gasteiger partial charge on any atom is 0.242 e. The lowest BCUT2D eigenvalue weighted by atomic mass is 10.3. The third-order valence-corrected chi connectivity index (χ3v) is 6.33. The van der Waals surface area contributed by atoms with Crippen LogP contribution in [0.5, 0.6) is 0 Å². The highest BCUT2D eigenvalue weighted by atomic mass is 32.2. The van der Waals surface area contributed by atoms with Crippen molar-refractivity contribution in [3.05, 3.63) is 18.2 Å². The molecule has 2 rings (SSSR count). The van der Waals surface area contributed by atoms with E-state index in [1.165, 1.54) is 18.2 Å². The van der Waals surface area contributed by atoms with Crippen molar-refractivity contribution in [3.63, 3.8) is 0 Å². The summed E-state index contributed by atoms with van der Waals surface area (Å²) in [5.41, 5.74) is 0.374. The van der Waals surface area contributed by atoms with E-state index in [1.54, 1.807) is 7.05 Å². The van der Waals surface area contributed by atoms with Crippen molar-refractivity contribution in [1.82, 2.24) is 4.72 Å². The Morgan fingerprint density at radius 2 is 1.86 bits per heavy atom. The molecular weight excluding hydrogens is 312 g/mol. The summed E-state index contributed by atoms with van der Waals surface area (Å²) < 4.78 is 50.5. The van der Waals surface area contributed by atoms with Gasteiger partial charge in [0.05, 0.1) is 10.6 Å². The summed E-state index contributed by atoms with van der Waals surface area (Å²) >= 11 is 0. The number of rotatable bonds is 6. The number of nitrogens with one attached hydrogen (secondary N) is 2. The summed E-state index contributed by atoms with van der Waals surface area (Å²) in [4.78, 5) is -0.0529. The van der Waals surface area contributed by atoms with Gasteiger partial charge in [0.1, 0.15) is 4.90 Å². The maximum atomic E-state index is 12.4. The van der Waals surface area contributed by atoms with Crippen LogP contribution < -0.4 is 10.0 Å². The Hall–Kier alpha value is -1.12. The van der Waals surface area contributed by atoms with Gasteiger partial charge in [-0.1, -0.05) is 6.92 Å². The molecule has 0 radical (unpaired) electrons. The number of anilines is 1. The Labute approximate surface area is 125 Å². The van der Waals surface area contributed by atoms with E-state index in [0.717, 1.165) is 12.7 Å². The zero-order valence-electron chi connectivity index (χ0n) is 12.3. The number of sulfonamides is 1. The molecular formula is C13H20N2O4S2. The molecule has 2 N–H and O–H groups in total. The zero-order valence-corrected chi connectivity index (χ0v) is 13.9. The summed E-state index contributed by atoms with van der Waals surface area (Å²) in [6, 6.07) is 4.05. The highest BCUT2D eigenvalue weighted by Gasteiger charge is 2.33. The van der Waals surface area contributed by atoms with Crippen molar-refractivity contribution in [2.45, 2.75) is 23.1 Å². The molecule has 2 unspecified atom stereocenters. The first kappa shape index (κ1) is 16.3. The van der Waals surface area contributed by atoms with Gasteiger partial charge < -0.3 is 5.32 Å². The smallest absolute Gasteiger partial charge is 0.242 e. The van der Waals surface area contributed by atoms with Crippen molar-refractivity contribution < 1.29 is 16.8 Å². The standard InChI is InChI=1S/C13H20N2O4S2/c1-9-6-10(9)8-15-21(18,19)13-7-11(20(3,16)17)4-5-12(13)14-2/h4-5,7,9-10,14-15H,6,8H2,1-3H3. The molecule has 2 atom stereocenters. The summed E-state index contributed by atoms with van der Waals surface area (Å²) in [5.74, 6) is 0.912. The van der Waals surface area contributed by atoms with Crippen LogP contribution in [0, 0.1) is 11.8 Å². The lowest BCUT2D eigenvalue weighted by Gasteiger charge is -2.12. The van der Waals surface area contributed by atoms with Crippen molar-refractivity contribution in [1.29, 1.82) is 0 Å². The van der Waals surface area contributed by atoms with E-state index in [2.05, 4.69) is 17.0 Å². The fourth-order valence-corrected chi connectivity index (χ4v) is 4.19. The molecule has 1 fully saturated rings. The lowest BCUT2D eigenvalue weighted by molar-refractivity contribution is 0.574. The van der Waals surface area contributed by atoms with Gasteiger partial charge in [-0.05, 0) is 36.5 Å². The molecule has 21 heavy (non-hydrogen) atoms. The highest BCUT2D eigenvalue weighted by molar-refractivity contribution is 7.91. The second-order valence-corrected chi connectivity index (χ2v) is 9.26. The SMILES string of the molecule is CNc1ccc(S(C)(=O)=O)cc1S(=O)(=O)NCC1CC1C. The Balaban J connectivity index is 2.35. The van der Waals surface area contributed by atoms with E-state index < -0.39 is 19.9 Å². The topological polar surface area (TPSA) is 92.3 Å². The van der Waals surface area contributed by atoms with E-state index in [4.69, 9.17) is 0 Å². The quantitative estimate of drug-likeness (QED) is 0.813. The van der Waals surface area contributed by atoms with Crippen molar-refractivity contribution in [2.75, 3.05) is 25.2 Å². The summed E-state index contributed by atoms with van der Waals surface area (Å²) in [6.45, 7) is 2.46. The third-order valence-electron chi connectivity index (χ3n) is 3.75. The molecule has 0 aromatic heterocycles. The summed E-state index contributed by atoms with van der Waals surface area (Å²) in [5, 5.41) is 2.78. The van der Waals surface area contributed by atoms with Crippen molar-refractivity contribution >= 4 is 25.5 Å². The van der Waals surface area contributed by atoms with Crippen LogP contribution in [0.4, 0.5) is 5.69 Å². The van der Waals surface area contributed by atoms with Gasteiger partial charge in [-0.2, -0.15) is 0 Å². The first-order valence-electron chi connectivity index (χ1n) is 6.66. The zero-order chi connectivity index (χ0) is 15.8. The van der Waals surface area contributed by atoms with E-state index in [9.17, 15) is 16.8 Å². The Morgan fingerprint density at radius 1 is 1.24 bits per heavy atom. The Kier molecular flexibility index (Phi) is 4.32. The second-order valence-electron chi connectivity index (χ2n) is 5.51. The van der Waals surface area contributed by atoms with E-state index in [1.807, 2.05) is 0 Å². The van der Waals surface area contributed by atoms with E-state index in [0.29, 0.717) is 24.1 Å². The number of hydrogen-bond donors (Lipinski definition) is 2. The molecule has 0 bridgehead atoms. The highest BCUT2D eigenvalue weighted by Crippen LogP contribution is 2.37. The molecule has 1 saturated carbocycles.